The minimum absolute atomic E-state index is 0.0732. The van der Waals surface area contributed by atoms with Crippen LogP contribution in [0.4, 0.5) is 4.39 Å². The number of hydrogen-bond acceptors (Lipinski definition) is 6. The molecule has 2 aromatic rings. The molecule has 0 bridgehead atoms. The normalized spacial score (nSPS) is 21.2. The van der Waals surface area contributed by atoms with E-state index in [1.807, 2.05) is 0 Å². The highest BCUT2D eigenvalue weighted by Crippen LogP contribution is 2.39. The van der Waals surface area contributed by atoms with Crippen LogP contribution in [0.3, 0.4) is 0 Å². The van der Waals surface area contributed by atoms with Gasteiger partial charge in [-0.2, -0.15) is 0 Å². The molecule has 0 saturated carbocycles. The lowest BCUT2D eigenvalue weighted by atomic mass is 9.96. The van der Waals surface area contributed by atoms with E-state index in [9.17, 15) is 18.8 Å². The van der Waals surface area contributed by atoms with Gasteiger partial charge in [0.2, 0.25) is 5.91 Å². The lowest BCUT2D eigenvalue weighted by Crippen LogP contribution is -2.60. The second-order valence-corrected chi connectivity index (χ2v) is 9.42. The number of hydrogen-bond donors (Lipinski definition) is 0. The van der Waals surface area contributed by atoms with E-state index < -0.39 is 17.6 Å². The molecule has 37 heavy (non-hydrogen) atoms. The van der Waals surface area contributed by atoms with Crippen LogP contribution in [0, 0.1) is 5.82 Å². The molecule has 0 aliphatic carbocycles. The zero-order valence-corrected chi connectivity index (χ0v) is 20.7. The van der Waals surface area contributed by atoms with Crippen LogP contribution in [0.2, 0.25) is 0 Å². The summed E-state index contributed by atoms with van der Waals surface area (Å²) in [5.74, 6) is -0.717. The van der Waals surface area contributed by atoms with Crippen molar-refractivity contribution in [2.45, 2.75) is 24.6 Å². The largest absolute Gasteiger partial charge is 0.497 e. The summed E-state index contributed by atoms with van der Waals surface area (Å²) in [5, 5.41) is 0. The van der Waals surface area contributed by atoms with Crippen molar-refractivity contribution in [3.8, 4) is 5.75 Å². The van der Waals surface area contributed by atoms with Crippen molar-refractivity contribution in [2.75, 3.05) is 53.1 Å². The maximum absolute atomic E-state index is 13.9. The number of carbonyl (C=O) groups is 3. The summed E-state index contributed by atoms with van der Waals surface area (Å²) in [7, 11) is 1.53. The van der Waals surface area contributed by atoms with Crippen LogP contribution in [0.5, 0.6) is 5.75 Å². The second kappa shape index (κ2) is 10.5. The number of amides is 3. The number of likely N-dealkylation sites (tertiary alicyclic amines) is 1. The summed E-state index contributed by atoms with van der Waals surface area (Å²) in [6.45, 7) is 2.49. The predicted molar refractivity (Wildman–Crippen MR) is 131 cm³/mol. The Morgan fingerprint density at radius 3 is 2.27 bits per heavy atom. The van der Waals surface area contributed by atoms with E-state index >= 15 is 0 Å². The summed E-state index contributed by atoms with van der Waals surface area (Å²) in [4.78, 5) is 45.4. The quantitative estimate of drug-likeness (QED) is 0.625. The van der Waals surface area contributed by atoms with Gasteiger partial charge in [-0.25, -0.2) is 4.39 Å². The Morgan fingerprint density at radius 1 is 0.919 bits per heavy atom. The SMILES string of the molecule is COc1cccc(C(=O)N2C(C(=O)N3CCOCC3)COC23CCN(C(=O)c2cccc(F)c2)CC3)c1. The summed E-state index contributed by atoms with van der Waals surface area (Å²) in [5.41, 5.74) is -0.374. The van der Waals surface area contributed by atoms with Crippen LogP contribution in [0.15, 0.2) is 48.5 Å². The van der Waals surface area contributed by atoms with Gasteiger partial charge in [-0.1, -0.05) is 12.1 Å². The molecule has 3 aliphatic heterocycles. The summed E-state index contributed by atoms with van der Waals surface area (Å²) < 4.78 is 30.6. The molecule has 10 heteroatoms. The van der Waals surface area contributed by atoms with Crippen molar-refractivity contribution in [1.82, 2.24) is 14.7 Å². The Kier molecular flexibility index (Phi) is 7.12. The lowest BCUT2D eigenvalue weighted by molar-refractivity contribution is -0.141. The highest BCUT2D eigenvalue weighted by molar-refractivity contribution is 5.99. The molecule has 3 fully saturated rings. The van der Waals surface area contributed by atoms with Gasteiger partial charge in [0.05, 0.1) is 26.9 Å². The highest BCUT2D eigenvalue weighted by Gasteiger charge is 2.55. The average molecular weight is 512 g/mol. The number of piperidine rings is 1. The standard InChI is InChI=1S/C27H30FN3O6/c1-35-22-7-3-5-20(17-22)25(33)31-23(26(34)30-12-14-36-15-13-30)18-37-27(31)8-10-29(11-9-27)24(32)19-4-2-6-21(28)16-19/h2-7,16-17,23H,8-15,18H2,1H3. The van der Waals surface area contributed by atoms with Crippen molar-refractivity contribution < 1.29 is 33.0 Å². The van der Waals surface area contributed by atoms with Crippen LogP contribution in [0.1, 0.15) is 33.6 Å². The first kappa shape index (κ1) is 25.2. The Bertz CT molecular complexity index is 1180. The van der Waals surface area contributed by atoms with E-state index in [4.69, 9.17) is 14.2 Å². The van der Waals surface area contributed by atoms with Crippen LogP contribution in [-0.4, -0.2) is 97.3 Å². The number of methoxy groups -OCH3 is 1. The van der Waals surface area contributed by atoms with E-state index in [0.717, 1.165) is 0 Å². The molecular formula is C27H30FN3O6. The highest BCUT2D eigenvalue weighted by atomic mass is 19.1. The molecule has 3 aliphatic rings. The Balaban J connectivity index is 1.40. The molecule has 0 aromatic heterocycles. The topological polar surface area (TPSA) is 88.6 Å². The van der Waals surface area contributed by atoms with Gasteiger partial charge >= 0.3 is 0 Å². The first-order chi connectivity index (χ1) is 17.9. The molecule has 1 spiro atoms. The van der Waals surface area contributed by atoms with Crippen molar-refractivity contribution >= 4 is 17.7 Å². The zero-order chi connectivity index (χ0) is 26.0. The molecule has 0 N–H and O–H groups in total. The molecule has 3 heterocycles. The van der Waals surface area contributed by atoms with E-state index in [-0.39, 0.29) is 29.9 Å². The molecule has 2 aromatic carbocycles. The molecule has 9 nitrogen and oxygen atoms in total. The molecule has 3 amide bonds. The molecule has 0 radical (unpaired) electrons. The average Bonchev–Trinajstić information content (AvgIpc) is 3.31. The van der Waals surface area contributed by atoms with Crippen LogP contribution in [-0.2, 0) is 14.3 Å². The summed E-state index contributed by atoms with van der Waals surface area (Å²) >= 11 is 0. The van der Waals surface area contributed by atoms with Gasteiger partial charge in [-0.05, 0) is 36.4 Å². The third-order valence-corrected chi connectivity index (χ3v) is 7.31. The monoisotopic (exact) mass is 511 g/mol. The Hall–Kier alpha value is -3.50. The number of carbonyl (C=O) groups excluding carboxylic acids is 3. The minimum Gasteiger partial charge on any atom is -0.497 e. The minimum atomic E-state index is -1.04. The first-order valence-corrected chi connectivity index (χ1v) is 12.4. The van der Waals surface area contributed by atoms with Crippen LogP contribution >= 0.6 is 0 Å². The smallest absolute Gasteiger partial charge is 0.257 e. The second-order valence-electron chi connectivity index (χ2n) is 9.42. The van der Waals surface area contributed by atoms with Crippen molar-refractivity contribution in [3.63, 3.8) is 0 Å². The van der Waals surface area contributed by atoms with Gasteiger partial charge in [0.15, 0.2) is 0 Å². The molecule has 5 rings (SSSR count). The van der Waals surface area contributed by atoms with E-state index in [0.29, 0.717) is 63.5 Å². The number of ether oxygens (including phenoxy) is 3. The van der Waals surface area contributed by atoms with Gasteiger partial charge in [0, 0.05) is 50.1 Å². The Labute approximate surface area is 214 Å². The number of morpholine rings is 1. The van der Waals surface area contributed by atoms with Crippen molar-refractivity contribution in [3.05, 3.63) is 65.5 Å². The fraction of sp³-hybridized carbons (Fsp3) is 0.444. The molecule has 1 atom stereocenters. The van der Waals surface area contributed by atoms with Gasteiger partial charge in [0.1, 0.15) is 23.3 Å². The molecular weight excluding hydrogens is 481 g/mol. The maximum atomic E-state index is 13.9. The first-order valence-electron chi connectivity index (χ1n) is 12.4. The molecule has 196 valence electrons. The van der Waals surface area contributed by atoms with Crippen LogP contribution < -0.4 is 4.74 Å². The fourth-order valence-corrected chi connectivity index (χ4v) is 5.31. The third-order valence-electron chi connectivity index (χ3n) is 7.31. The zero-order valence-electron chi connectivity index (χ0n) is 20.7. The van der Waals surface area contributed by atoms with Crippen LogP contribution in [0.25, 0.3) is 0 Å². The van der Waals surface area contributed by atoms with Crippen molar-refractivity contribution in [2.24, 2.45) is 0 Å². The predicted octanol–water partition coefficient (Wildman–Crippen LogP) is 2.17. The number of benzene rings is 2. The number of rotatable bonds is 4. The van der Waals surface area contributed by atoms with E-state index in [1.54, 1.807) is 45.0 Å². The lowest BCUT2D eigenvalue weighted by Gasteiger charge is -2.45. The summed E-state index contributed by atoms with van der Waals surface area (Å²) in [6, 6.07) is 11.6. The van der Waals surface area contributed by atoms with E-state index in [2.05, 4.69) is 0 Å². The van der Waals surface area contributed by atoms with Crippen molar-refractivity contribution in [1.29, 1.82) is 0 Å². The fourth-order valence-electron chi connectivity index (χ4n) is 5.31. The van der Waals surface area contributed by atoms with Gasteiger partial charge in [-0.3, -0.25) is 19.3 Å². The summed E-state index contributed by atoms with van der Waals surface area (Å²) in [6.07, 6.45) is 0.660. The van der Waals surface area contributed by atoms with Gasteiger partial charge < -0.3 is 24.0 Å². The molecule has 3 saturated heterocycles. The van der Waals surface area contributed by atoms with E-state index in [1.165, 1.54) is 25.3 Å². The number of halogens is 1. The molecule has 1 unspecified atom stereocenters. The third kappa shape index (κ3) is 4.91. The van der Waals surface area contributed by atoms with Gasteiger partial charge in [-0.15, -0.1) is 0 Å². The number of nitrogens with zero attached hydrogens (tertiary/aromatic N) is 3. The maximum Gasteiger partial charge on any atom is 0.257 e. The van der Waals surface area contributed by atoms with Gasteiger partial charge in [0.25, 0.3) is 11.8 Å². The Morgan fingerprint density at radius 2 is 1.59 bits per heavy atom.